The van der Waals surface area contributed by atoms with E-state index in [0.29, 0.717) is 5.66 Å². The summed E-state index contributed by atoms with van der Waals surface area (Å²) in [5.74, 6) is 0. The highest BCUT2D eigenvalue weighted by Crippen LogP contribution is 2.47. The third-order valence-corrected chi connectivity index (χ3v) is 13.0. The van der Waals surface area contributed by atoms with Crippen LogP contribution in [0.4, 0.5) is 0 Å². The predicted octanol–water partition coefficient (Wildman–Crippen LogP) is 11.4. The molecule has 1 aliphatic rings. The minimum Gasteiger partial charge on any atom is -0.309 e. The third kappa shape index (κ3) is 4.45. The molecule has 0 radical (unpaired) electrons. The summed E-state index contributed by atoms with van der Waals surface area (Å²) in [4.78, 5) is 0. The van der Waals surface area contributed by atoms with Gasteiger partial charge in [-0.1, -0.05) is 140 Å². The van der Waals surface area contributed by atoms with Gasteiger partial charge in [0, 0.05) is 38.6 Å². The van der Waals surface area contributed by atoms with Crippen molar-refractivity contribution >= 4 is 72.9 Å². The molecule has 0 saturated heterocycles. The van der Waals surface area contributed by atoms with Crippen LogP contribution < -0.4 is 10.6 Å². The van der Waals surface area contributed by atoms with Crippen molar-refractivity contribution in [2.24, 2.45) is 0 Å². The van der Waals surface area contributed by atoms with Crippen LogP contribution in [-0.2, 0) is 0 Å². The summed E-state index contributed by atoms with van der Waals surface area (Å²) in [7, 11) is -0.686. The molecule has 1 aliphatic carbocycles. The molecule has 0 spiro atoms. The Balaban J connectivity index is 1.31. The number of para-hydroxylation sites is 3. The molecule has 2 atom stereocenters. The number of nitrogens with zero attached hydrogens (tertiary/aromatic N) is 2. The van der Waals surface area contributed by atoms with Crippen LogP contribution in [0.2, 0.25) is 0 Å². The van der Waals surface area contributed by atoms with Gasteiger partial charge in [0.05, 0.1) is 22.1 Å². The van der Waals surface area contributed by atoms with Gasteiger partial charge in [0.25, 0.3) is 0 Å². The summed E-state index contributed by atoms with van der Waals surface area (Å²) < 4.78 is 4.93. The van der Waals surface area contributed by atoms with Gasteiger partial charge in [-0.05, 0) is 78.2 Å². The van der Waals surface area contributed by atoms with E-state index in [4.69, 9.17) is 0 Å². The molecule has 2 aromatic heterocycles. The van der Waals surface area contributed by atoms with Gasteiger partial charge in [-0.15, -0.1) is 0 Å². The van der Waals surface area contributed by atoms with Gasteiger partial charge in [-0.25, -0.2) is 0 Å². The highest BCUT2D eigenvalue weighted by molar-refractivity contribution is 7.74. The van der Waals surface area contributed by atoms with Crippen LogP contribution in [0.15, 0.2) is 182 Å². The molecule has 0 saturated carbocycles. The Bertz CT molecular complexity index is 2750. The van der Waals surface area contributed by atoms with E-state index >= 15 is 0 Å². The molecule has 10 rings (SSSR count). The Kier molecular flexibility index (Phi) is 6.64. The van der Waals surface area contributed by atoms with Crippen LogP contribution in [0.1, 0.15) is 6.42 Å². The van der Waals surface area contributed by atoms with Crippen molar-refractivity contribution in [3.8, 4) is 11.4 Å². The Labute approximate surface area is 286 Å². The average Bonchev–Trinajstić information content (AvgIpc) is 3.69. The lowest BCUT2D eigenvalue weighted by molar-refractivity contribution is 1.05. The van der Waals surface area contributed by atoms with Crippen LogP contribution >= 0.6 is 7.92 Å². The molecule has 0 N–H and O–H groups in total. The number of aromatic nitrogens is 2. The van der Waals surface area contributed by atoms with Gasteiger partial charge in [0.1, 0.15) is 0 Å². The van der Waals surface area contributed by atoms with E-state index in [9.17, 15) is 0 Å². The normalized spacial score (nSPS) is 15.2. The van der Waals surface area contributed by atoms with Crippen LogP contribution in [0.5, 0.6) is 0 Å². The van der Waals surface area contributed by atoms with E-state index in [0.717, 1.165) is 6.42 Å². The number of rotatable bonds is 5. The van der Waals surface area contributed by atoms with E-state index in [2.05, 4.69) is 191 Å². The summed E-state index contributed by atoms with van der Waals surface area (Å²) in [6.45, 7) is 0. The maximum Gasteiger partial charge on any atom is 0.0561 e. The first kappa shape index (κ1) is 28.3. The Morgan fingerprint density at radius 1 is 0.449 bits per heavy atom. The van der Waals surface area contributed by atoms with Crippen molar-refractivity contribution in [1.29, 1.82) is 0 Å². The highest BCUT2D eigenvalue weighted by atomic mass is 31.1. The largest absolute Gasteiger partial charge is 0.309 e. The molecule has 0 amide bonds. The number of benzene rings is 7. The van der Waals surface area contributed by atoms with Gasteiger partial charge in [0.2, 0.25) is 0 Å². The monoisotopic (exact) mass is 644 g/mol. The maximum atomic E-state index is 2.54. The molecule has 2 unspecified atom stereocenters. The van der Waals surface area contributed by atoms with E-state index in [-0.39, 0.29) is 0 Å². The smallest absolute Gasteiger partial charge is 0.0561 e. The summed E-state index contributed by atoms with van der Waals surface area (Å²) >= 11 is 0. The van der Waals surface area contributed by atoms with E-state index in [1.54, 1.807) is 0 Å². The quantitative estimate of drug-likeness (QED) is 0.165. The van der Waals surface area contributed by atoms with Crippen molar-refractivity contribution in [2.75, 3.05) is 0 Å². The number of hydrogen-bond acceptors (Lipinski definition) is 0. The molecule has 7 aromatic carbocycles. The minimum atomic E-state index is -0.686. The Morgan fingerprint density at radius 3 is 1.82 bits per heavy atom. The summed E-state index contributed by atoms with van der Waals surface area (Å²) in [6.07, 6.45) is 10.3. The fraction of sp³-hybridized carbons (Fsp3) is 0.0435. The zero-order chi connectivity index (χ0) is 32.3. The van der Waals surface area contributed by atoms with Crippen molar-refractivity contribution < 1.29 is 0 Å². The first-order valence-corrected chi connectivity index (χ1v) is 18.5. The summed E-state index contributed by atoms with van der Waals surface area (Å²) in [6, 6.07) is 58.4. The van der Waals surface area contributed by atoms with Crippen LogP contribution in [0, 0.1) is 0 Å². The zero-order valence-corrected chi connectivity index (χ0v) is 27.8. The van der Waals surface area contributed by atoms with E-state index in [1.807, 2.05) is 0 Å². The number of hydrogen-bond donors (Lipinski definition) is 0. The third-order valence-electron chi connectivity index (χ3n) is 10.2. The zero-order valence-electron chi connectivity index (χ0n) is 26.9. The minimum absolute atomic E-state index is 0.430. The predicted molar refractivity (Wildman–Crippen MR) is 212 cm³/mol. The van der Waals surface area contributed by atoms with Crippen LogP contribution in [0.25, 0.3) is 65.8 Å². The van der Waals surface area contributed by atoms with Crippen molar-refractivity contribution in [3.63, 3.8) is 0 Å². The molecule has 232 valence electrons. The number of fused-ring (bicyclic) bond motifs is 8. The van der Waals surface area contributed by atoms with Gasteiger partial charge in [-0.2, -0.15) is 0 Å². The van der Waals surface area contributed by atoms with Crippen molar-refractivity contribution in [2.45, 2.75) is 12.1 Å². The van der Waals surface area contributed by atoms with Crippen LogP contribution in [0.3, 0.4) is 0 Å². The Hall–Kier alpha value is -5.69. The topological polar surface area (TPSA) is 9.86 Å². The summed E-state index contributed by atoms with van der Waals surface area (Å²) in [5, 5.41) is 10.7. The molecule has 2 nitrogen and oxygen atoms in total. The molecule has 0 bridgehead atoms. The lowest BCUT2D eigenvalue weighted by Gasteiger charge is -2.28. The second-order valence-electron chi connectivity index (χ2n) is 12.9. The molecule has 0 aliphatic heterocycles. The van der Waals surface area contributed by atoms with Crippen molar-refractivity contribution in [3.05, 3.63) is 182 Å². The van der Waals surface area contributed by atoms with E-state index < -0.39 is 7.92 Å². The second kappa shape index (κ2) is 11.5. The fourth-order valence-corrected chi connectivity index (χ4v) is 10.9. The first-order chi connectivity index (χ1) is 24.3. The highest BCUT2D eigenvalue weighted by Gasteiger charge is 2.27. The maximum absolute atomic E-state index is 2.54. The molecular weight excluding hydrogens is 611 g/mol. The van der Waals surface area contributed by atoms with Gasteiger partial charge in [-0.3, -0.25) is 0 Å². The molecule has 3 heteroatoms. The molecule has 0 fully saturated rings. The lowest BCUT2D eigenvalue weighted by atomic mass is 10.0. The molecule has 9 aromatic rings. The second-order valence-corrected chi connectivity index (χ2v) is 15.3. The first-order valence-electron chi connectivity index (χ1n) is 17.1. The van der Waals surface area contributed by atoms with Gasteiger partial charge >= 0.3 is 0 Å². The molecule has 49 heavy (non-hydrogen) atoms. The standard InChI is InChI=1S/C46H33N2P/c1-4-16-32(17-5-1)47-41-26-14-12-22-36(41)37-29-28-33(30-43(37)47)48-42-27-15-13-25-40(42)46-39-24-11-10-23-38(39)45(31-44(46)48)49(34-18-6-2-7-19-34)35-20-8-3-9-21-35/h1-20,22-31,35H,21H2. The van der Waals surface area contributed by atoms with Crippen LogP contribution in [-0.4, -0.2) is 14.8 Å². The fourth-order valence-electron chi connectivity index (χ4n) is 8.10. The van der Waals surface area contributed by atoms with Gasteiger partial charge in [0.15, 0.2) is 0 Å². The summed E-state index contributed by atoms with van der Waals surface area (Å²) in [5.41, 5.74) is 7.69. The average molecular weight is 645 g/mol. The van der Waals surface area contributed by atoms with E-state index in [1.165, 1.54) is 76.4 Å². The van der Waals surface area contributed by atoms with Gasteiger partial charge < -0.3 is 9.13 Å². The SMILES string of the molecule is C1=CCC(P(c2ccccc2)c2cc3c(c4ccccc24)c2ccccc2n3-c2ccc3c4ccccc4n(-c4ccccc4)c3c2)C=C1. The van der Waals surface area contributed by atoms with Crippen molar-refractivity contribution in [1.82, 2.24) is 9.13 Å². The Morgan fingerprint density at radius 2 is 1.06 bits per heavy atom. The molecule has 2 heterocycles. The molecular formula is C46H33N2P. The number of allylic oxidation sites excluding steroid dienone is 4. The lowest BCUT2D eigenvalue weighted by Crippen LogP contribution is -2.22.